The molecule has 1 N–H and O–H groups in total. The van der Waals surface area contributed by atoms with Crippen LogP contribution in [0, 0.1) is 0 Å². The number of carbonyl (C=O) groups is 1. The van der Waals surface area contributed by atoms with E-state index in [1.807, 2.05) is 29.1 Å². The van der Waals surface area contributed by atoms with Gasteiger partial charge in [0.15, 0.2) is 10.7 Å². The number of thiazole rings is 1. The van der Waals surface area contributed by atoms with Crippen molar-refractivity contribution in [3.63, 3.8) is 0 Å². The SMILES string of the molecule is CCOc1ccc(C(=O)NCCc2cn3ccsc3n2)o1. The van der Waals surface area contributed by atoms with Crippen molar-refractivity contribution in [3.05, 3.63) is 41.4 Å². The van der Waals surface area contributed by atoms with Crippen LogP contribution in [-0.2, 0) is 6.42 Å². The fourth-order valence-electron chi connectivity index (χ4n) is 1.95. The first kappa shape index (κ1) is 13.7. The molecule has 1 amide bonds. The molecule has 3 aromatic rings. The number of imidazole rings is 1. The van der Waals surface area contributed by atoms with E-state index >= 15 is 0 Å². The van der Waals surface area contributed by atoms with E-state index < -0.39 is 0 Å². The molecule has 3 heterocycles. The van der Waals surface area contributed by atoms with Gasteiger partial charge in [-0.1, -0.05) is 0 Å². The quantitative estimate of drug-likeness (QED) is 0.759. The molecule has 0 unspecified atom stereocenters. The van der Waals surface area contributed by atoms with Crippen LogP contribution < -0.4 is 10.1 Å². The van der Waals surface area contributed by atoms with Crippen molar-refractivity contribution in [1.82, 2.24) is 14.7 Å². The number of furan rings is 1. The first-order valence-corrected chi connectivity index (χ1v) is 7.56. The first-order valence-electron chi connectivity index (χ1n) is 6.68. The molecule has 0 aliphatic rings. The maximum Gasteiger partial charge on any atom is 0.287 e. The van der Waals surface area contributed by atoms with Crippen LogP contribution in [0.4, 0.5) is 0 Å². The Morgan fingerprint density at radius 3 is 3.24 bits per heavy atom. The first-order chi connectivity index (χ1) is 10.3. The predicted molar refractivity (Wildman–Crippen MR) is 79.0 cm³/mol. The van der Waals surface area contributed by atoms with Gasteiger partial charge in [-0.3, -0.25) is 9.20 Å². The number of hydrogen-bond acceptors (Lipinski definition) is 5. The van der Waals surface area contributed by atoms with Gasteiger partial charge in [0, 0.05) is 36.8 Å². The normalized spacial score (nSPS) is 10.9. The summed E-state index contributed by atoms with van der Waals surface area (Å²) in [6.45, 7) is 2.87. The minimum atomic E-state index is -0.248. The lowest BCUT2D eigenvalue weighted by Gasteiger charge is -2.01. The fraction of sp³-hybridized carbons (Fsp3) is 0.286. The zero-order valence-corrected chi connectivity index (χ0v) is 12.4. The molecule has 0 aliphatic heterocycles. The number of nitrogens with one attached hydrogen (secondary N) is 1. The molecule has 0 spiro atoms. The summed E-state index contributed by atoms with van der Waals surface area (Å²) < 4.78 is 12.4. The van der Waals surface area contributed by atoms with E-state index in [1.54, 1.807) is 23.5 Å². The highest BCUT2D eigenvalue weighted by Gasteiger charge is 2.11. The van der Waals surface area contributed by atoms with E-state index in [9.17, 15) is 4.79 Å². The van der Waals surface area contributed by atoms with Gasteiger partial charge in [0.1, 0.15) is 0 Å². The predicted octanol–water partition coefficient (Wildman–Crippen LogP) is 2.36. The molecular formula is C14H15N3O3S. The number of nitrogens with zero attached hydrogens (tertiary/aromatic N) is 2. The van der Waals surface area contributed by atoms with E-state index in [2.05, 4.69) is 10.3 Å². The Kier molecular flexibility index (Phi) is 3.92. The van der Waals surface area contributed by atoms with Gasteiger partial charge in [0.25, 0.3) is 11.9 Å². The molecule has 0 saturated heterocycles. The Balaban J connectivity index is 1.52. The molecule has 6 nitrogen and oxygen atoms in total. The van der Waals surface area contributed by atoms with Gasteiger partial charge in [0.2, 0.25) is 0 Å². The third-order valence-corrected chi connectivity index (χ3v) is 3.67. The molecule has 0 radical (unpaired) electrons. The minimum Gasteiger partial charge on any atom is -0.465 e. The highest BCUT2D eigenvalue weighted by molar-refractivity contribution is 7.15. The third kappa shape index (κ3) is 3.08. The van der Waals surface area contributed by atoms with Crippen molar-refractivity contribution in [1.29, 1.82) is 0 Å². The Labute approximate surface area is 125 Å². The average molecular weight is 305 g/mol. The van der Waals surface area contributed by atoms with Crippen molar-refractivity contribution in [3.8, 4) is 5.95 Å². The van der Waals surface area contributed by atoms with Crippen LogP contribution in [0.25, 0.3) is 4.96 Å². The Morgan fingerprint density at radius 2 is 2.43 bits per heavy atom. The van der Waals surface area contributed by atoms with Crippen LogP contribution in [-0.4, -0.2) is 28.4 Å². The second-order valence-electron chi connectivity index (χ2n) is 4.38. The Bertz CT molecular complexity index is 715. The van der Waals surface area contributed by atoms with Gasteiger partial charge in [-0.25, -0.2) is 4.98 Å². The highest BCUT2D eigenvalue weighted by atomic mass is 32.1. The monoisotopic (exact) mass is 305 g/mol. The molecule has 0 bridgehead atoms. The van der Waals surface area contributed by atoms with Crippen LogP contribution in [0.5, 0.6) is 5.95 Å². The van der Waals surface area contributed by atoms with Crippen molar-refractivity contribution in [2.24, 2.45) is 0 Å². The molecular weight excluding hydrogens is 290 g/mol. The number of carbonyl (C=O) groups excluding carboxylic acids is 1. The largest absolute Gasteiger partial charge is 0.465 e. The second kappa shape index (κ2) is 6.01. The lowest BCUT2D eigenvalue weighted by atomic mass is 10.3. The molecule has 0 atom stereocenters. The van der Waals surface area contributed by atoms with Gasteiger partial charge in [-0.15, -0.1) is 11.3 Å². The number of hydrogen-bond donors (Lipinski definition) is 1. The molecule has 3 aromatic heterocycles. The average Bonchev–Trinajstić information content (AvgIpc) is 3.14. The minimum absolute atomic E-state index is 0.248. The van der Waals surface area contributed by atoms with Gasteiger partial charge >= 0.3 is 0 Å². The van der Waals surface area contributed by atoms with E-state index in [0.29, 0.717) is 25.5 Å². The maximum absolute atomic E-state index is 11.9. The summed E-state index contributed by atoms with van der Waals surface area (Å²) in [6, 6.07) is 3.24. The summed E-state index contributed by atoms with van der Waals surface area (Å²) in [7, 11) is 0. The molecule has 21 heavy (non-hydrogen) atoms. The van der Waals surface area contributed by atoms with Crippen LogP contribution >= 0.6 is 11.3 Å². The van der Waals surface area contributed by atoms with Crippen LogP contribution in [0.1, 0.15) is 23.2 Å². The number of ether oxygens (including phenoxy) is 1. The van der Waals surface area contributed by atoms with Gasteiger partial charge in [0.05, 0.1) is 12.3 Å². The highest BCUT2D eigenvalue weighted by Crippen LogP contribution is 2.15. The van der Waals surface area contributed by atoms with E-state index in [4.69, 9.17) is 9.15 Å². The number of rotatable bonds is 6. The number of amides is 1. The van der Waals surface area contributed by atoms with E-state index in [1.165, 1.54) is 0 Å². The number of fused-ring (bicyclic) bond motifs is 1. The topological polar surface area (TPSA) is 68.8 Å². The van der Waals surface area contributed by atoms with Crippen molar-refractivity contribution >= 4 is 22.2 Å². The summed E-state index contributed by atoms with van der Waals surface area (Å²) in [6.07, 6.45) is 4.62. The summed E-state index contributed by atoms with van der Waals surface area (Å²) >= 11 is 1.59. The standard InChI is InChI=1S/C14H15N3O3S/c1-2-19-12-4-3-11(20-12)13(18)15-6-5-10-9-17-7-8-21-14(17)16-10/h3-4,7-9H,2,5-6H2,1H3,(H,15,18). The van der Waals surface area contributed by atoms with Gasteiger partial charge in [-0.2, -0.15) is 0 Å². The molecule has 3 rings (SSSR count). The molecule has 7 heteroatoms. The third-order valence-electron chi connectivity index (χ3n) is 2.90. The van der Waals surface area contributed by atoms with Crippen molar-refractivity contribution < 1.29 is 13.9 Å². The molecule has 0 fully saturated rings. The molecule has 110 valence electrons. The van der Waals surface area contributed by atoms with Crippen molar-refractivity contribution in [2.75, 3.05) is 13.2 Å². The molecule has 0 aromatic carbocycles. The molecule has 0 saturated carbocycles. The fourth-order valence-corrected chi connectivity index (χ4v) is 2.67. The van der Waals surface area contributed by atoms with Gasteiger partial charge in [-0.05, 0) is 13.0 Å². The Morgan fingerprint density at radius 1 is 1.52 bits per heavy atom. The number of aromatic nitrogens is 2. The smallest absolute Gasteiger partial charge is 0.287 e. The van der Waals surface area contributed by atoms with Crippen molar-refractivity contribution in [2.45, 2.75) is 13.3 Å². The summed E-state index contributed by atoms with van der Waals surface area (Å²) in [4.78, 5) is 17.3. The van der Waals surface area contributed by atoms with E-state index in [0.717, 1.165) is 10.7 Å². The molecule has 0 aliphatic carbocycles. The van der Waals surface area contributed by atoms with E-state index in [-0.39, 0.29) is 11.7 Å². The van der Waals surface area contributed by atoms with Crippen LogP contribution in [0.15, 0.2) is 34.3 Å². The maximum atomic E-state index is 11.9. The van der Waals surface area contributed by atoms with Crippen LogP contribution in [0.3, 0.4) is 0 Å². The lowest BCUT2D eigenvalue weighted by Crippen LogP contribution is -2.25. The Hall–Kier alpha value is -2.28. The second-order valence-corrected chi connectivity index (χ2v) is 5.26. The zero-order valence-electron chi connectivity index (χ0n) is 11.5. The van der Waals surface area contributed by atoms with Gasteiger partial charge < -0.3 is 14.5 Å². The lowest BCUT2D eigenvalue weighted by molar-refractivity contribution is 0.0918. The summed E-state index contributed by atoms with van der Waals surface area (Å²) in [5.74, 6) is 0.364. The zero-order chi connectivity index (χ0) is 14.7. The summed E-state index contributed by atoms with van der Waals surface area (Å²) in [5.41, 5.74) is 0.955. The summed E-state index contributed by atoms with van der Waals surface area (Å²) in [5, 5.41) is 4.79. The van der Waals surface area contributed by atoms with Crippen LogP contribution in [0.2, 0.25) is 0 Å².